The second kappa shape index (κ2) is 10.7. The normalized spacial score (nSPS) is 32.8. The lowest BCUT2D eigenvalue weighted by atomic mass is 9.49. The number of nitrogens with two attached hydrogens (primary N) is 2. The molecule has 5 atom stereocenters. The molecular formula is C31H41N7O2. The second-order valence-corrected chi connectivity index (χ2v) is 12.3. The van der Waals surface area contributed by atoms with E-state index in [1.54, 1.807) is 0 Å². The van der Waals surface area contributed by atoms with Gasteiger partial charge in [-0.05, 0) is 109 Å². The van der Waals surface area contributed by atoms with Crippen LogP contribution in [-0.4, -0.2) is 48.6 Å². The maximum Gasteiger partial charge on any atom is 0.253 e. The Labute approximate surface area is 236 Å². The molecule has 0 radical (unpaired) electrons. The summed E-state index contributed by atoms with van der Waals surface area (Å²) >= 11 is 0. The Bertz CT molecular complexity index is 1330. The lowest BCUT2D eigenvalue weighted by molar-refractivity contribution is 0.000952. The number of amides is 1. The number of nitrogens with zero attached hydrogens (tertiary/aromatic N) is 4. The van der Waals surface area contributed by atoms with Crippen molar-refractivity contribution in [3.63, 3.8) is 0 Å². The number of piperidine rings is 1. The first-order valence-corrected chi connectivity index (χ1v) is 14.8. The molecule has 40 heavy (non-hydrogen) atoms. The molecule has 0 spiro atoms. The van der Waals surface area contributed by atoms with E-state index < -0.39 is 5.54 Å². The van der Waals surface area contributed by atoms with E-state index in [-0.39, 0.29) is 29.3 Å². The molecule has 2 aliphatic heterocycles. The van der Waals surface area contributed by atoms with Gasteiger partial charge in [-0.1, -0.05) is 30.3 Å². The van der Waals surface area contributed by atoms with Gasteiger partial charge in [-0.25, -0.2) is 5.90 Å². The summed E-state index contributed by atoms with van der Waals surface area (Å²) in [6.45, 7) is 4.67. The molecular weight excluding hydrogens is 502 g/mol. The zero-order valence-corrected chi connectivity index (χ0v) is 23.4. The van der Waals surface area contributed by atoms with Crippen molar-refractivity contribution in [1.29, 1.82) is 0 Å². The molecule has 9 heteroatoms. The van der Waals surface area contributed by atoms with E-state index >= 15 is 0 Å². The average Bonchev–Trinajstić information content (AvgIpc) is 3.40. The number of carbonyl (C=O) groups is 1. The molecule has 0 bridgehead atoms. The fourth-order valence-electron chi connectivity index (χ4n) is 8.53. The molecule has 1 amide bonds. The maximum absolute atomic E-state index is 13.4. The Morgan fingerprint density at radius 1 is 1.32 bits per heavy atom. The summed E-state index contributed by atoms with van der Waals surface area (Å²) in [5, 5.41) is 7.63. The van der Waals surface area contributed by atoms with Crippen LogP contribution in [0.3, 0.4) is 0 Å². The molecule has 1 aromatic carbocycles. The Kier molecular flexibility index (Phi) is 7.25. The molecule has 6 rings (SSSR count). The number of hydrogen-bond acceptors (Lipinski definition) is 6. The summed E-state index contributed by atoms with van der Waals surface area (Å²) < 4.78 is 0. The Balaban J connectivity index is 1.29. The van der Waals surface area contributed by atoms with Crippen molar-refractivity contribution in [2.75, 3.05) is 26.2 Å². The first kappa shape index (κ1) is 27.1. The van der Waals surface area contributed by atoms with Gasteiger partial charge in [0.1, 0.15) is 0 Å². The molecule has 5 N–H and O–H groups in total. The van der Waals surface area contributed by atoms with Crippen LogP contribution in [0.15, 0.2) is 58.4 Å². The van der Waals surface area contributed by atoms with Gasteiger partial charge in [-0.3, -0.25) is 9.63 Å². The van der Waals surface area contributed by atoms with Gasteiger partial charge in [0.2, 0.25) is 0 Å². The highest BCUT2D eigenvalue weighted by molar-refractivity contribution is 5.94. The zero-order valence-electron chi connectivity index (χ0n) is 23.4. The molecule has 1 aromatic rings. The first-order valence-electron chi connectivity index (χ1n) is 14.8. The highest BCUT2D eigenvalue weighted by Gasteiger charge is 2.60. The summed E-state index contributed by atoms with van der Waals surface area (Å²) in [4.78, 5) is 23.5. The number of aryl methyl sites for hydroxylation is 1. The Morgan fingerprint density at radius 2 is 2.20 bits per heavy atom. The Morgan fingerprint density at radius 3 is 3.00 bits per heavy atom. The SMILES string of the molecule is CCC1=CNCC(C2=CCC3[C@]2(CN=[N+]=[N-])CCC2c4ccc(C(=O)N5CCC[C@@H](ON)C5)cc4CC[C@]23N)=C1. The van der Waals surface area contributed by atoms with E-state index in [0.29, 0.717) is 13.1 Å². The quantitative estimate of drug-likeness (QED) is 0.205. The van der Waals surface area contributed by atoms with E-state index in [1.807, 2.05) is 11.0 Å². The zero-order chi connectivity index (χ0) is 27.9. The van der Waals surface area contributed by atoms with Crippen molar-refractivity contribution < 1.29 is 9.63 Å². The van der Waals surface area contributed by atoms with Gasteiger partial charge in [0.15, 0.2) is 0 Å². The minimum absolute atomic E-state index is 0.0469. The number of likely N-dealkylation sites (tertiary alicyclic amines) is 1. The topological polar surface area (TPSA) is 142 Å². The summed E-state index contributed by atoms with van der Waals surface area (Å²) in [7, 11) is 0. The van der Waals surface area contributed by atoms with Crippen LogP contribution < -0.4 is 16.9 Å². The summed E-state index contributed by atoms with van der Waals surface area (Å²) in [5.74, 6) is 5.88. The van der Waals surface area contributed by atoms with E-state index in [4.69, 9.17) is 16.5 Å². The lowest BCUT2D eigenvalue weighted by Gasteiger charge is -2.57. The van der Waals surface area contributed by atoms with Gasteiger partial charge in [-0.15, -0.1) is 0 Å². The number of fused-ring (bicyclic) bond motifs is 5. The van der Waals surface area contributed by atoms with Crippen LogP contribution >= 0.6 is 0 Å². The third-order valence-corrected chi connectivity index (χ3v) is 10.5. The number of benzene rings is 1. The fraction of sp³-hybridized carbons (Fsp3) is 0.581. The number of dihydropyridines is 1. The summed E-state index contributed by atoms with van der Waals surface area (Å²) in [6.07, 6.45) is 13.9. The third kappa shape index (κ3) is 4.36. The number of nitrogens with one attached hydrogen (secondary N) is 1. The largest absolute Gasteiger partial charge is 0.387 e. The van der Waals surface area contributed by atoms with Crippen LogP contribution in [0.25, 0.3) is 10.4 Å². The highest BCUT2D eigenvalue weighted by atomic mass is 16.6. The van der Waals surface area contributed by atoms with Gasteiger partial charge >= 0.3 is 0 Å². The molecule has 2 unspecified atom stereocenters. The minimum Gasteiger partial charge on any atom is -0.387 e. The highest BCUT2D eigenvalue weighted by Crippen LogP contribution is 2.63. The van der Waals surface area contributed by atoms with Crippen molar-refractivity contribution >= 4 is 5.91 Å². The maximum atomic E-state index is 13.4. The van der Waals surface area contributed by atoms with Gasteiger partial charge in [0.05, 0.1) is 6.10 Å². The van der Waals surface area contributed by atoms with Gasteiger partial charge < -0.3 is 16.0 Å². The molecule has 2 fully saturated rings. The second-order valence-electron chi connectivity index (χ2n) is 12.3. The third-order valence-electron chi connectivity index (χ3n) is 10.5. The van der Waals surface area contributed by atoms with Gasteiger partial charge in [0, 0.05) is 53.5 Å². The van der Waals surface area contributed by atoms with E-state index in [2.05, 4.69) is 52.8 Å². The molecule has 0 aromatic heterocycles. The molecule has 212 valence electrons. The Hall–Kier alpha value is -3.10. The summed E-state index contributed by atoms with van der Waals surface area (Å²) in [5.41, 5.74) is 23.4. The predicted molar refractivity (Wildman–Crippen MR) is 155 cm³/mol. The van der Waals surface area contributed by atoms with E-state index in [9.17, 15) is 10.3 Å². The summed E-state index contributed by atoms with van der Waals surface area (Å²) in [6, 6.07) is 6.24. The molecule has 1 saturated carbocycles. The number of rotatable bonds is 6. The van der Waals surface area contributed by atoms with Crippen LogP contribution in [0.4, 0.5) is 0 Å². The molecule has 2 heterocycles. The van der Waals surface area contributed by atoms with Crippen LogP contribution in [0.5, 0.6) is 0 Å². The van der Waals surface area contributed by atoms with Crippen molar-refractivity contribution in [2.24, 2.45) is 28.1 Å². The number of azide groups is 1. The molecule has 1 saturated heterocycles. The van der Waals surface area contributed by atoms with Gasteiger partial charge in [0.25, 0.3) is 5.91 Å². The molecule has 9 nitrogen and oxygen atoms in total. The van der Waals surface area contributed by atoms with Crippen LogP contribution in [0.1, 0.15) is 79.3 Å². The first-order chi connectivity index (χ1) is 19.4. The van der Waals surface area contributed by atoms with Gasteiger partial charge in [-0.2, -0.15) is 0 Å². The standard InChI is InChI=1S/C31H41N7O2/c1-2-20-14-23(17-35-16-20)26-7-8-28-30(26,19-36-37-33)11-10-27-25-6-5-22(15-21(25)9-12-31(27,28)32)29(39)38-13-3-4-24(18-38)40-34/h5-7,14-16,24,27-28,35H,2-4,8-13,17-19,32,34H2,1H3/t24-,27?,28?,30+,31+/m1/s1. The van der Waals surface area contributed by atoms with Crippen LogP contribution in [-0.2, 0) is 11.3 Å². The average molecular weight is 544 g/mol. The predicted octanol–water partition coefficient (Wildman–Crippen LogP) is 4.77. The van der Waals surface area contributed by atoms with Crippen molar-refractivity contribution in [3.05, 3.63) is 80.4 Å². The number of hydrogen-bond donors (Lipinski definition) is 3. The smallest absolute Gasteiger partial charge is 0.253 e. The number of carbonyl (C=O) groups excluding carboxylic acids is 1. The molecule has 5 aliphatic rings. The monoisotopic (exact) mass is 543 g/mol. The van der Waals surface area contributed by atoms with E-state index in [0.717, 1.165) is 70.0 Å². The van der Waals surface area contributed by atoms with E-state index in [1.165, 1.54) is 27.8 Å². The lowest BCUT2D eigenvalue weighted by Crippen LogP contribution is -2.62. The van der Waals surface area contributed by atoms with Crippen molar-refractivity contribution in [2.45, 2.75) is 75.9 Å². The van der Waals surface area contributed by atoms with Crippen LogP contribution in [0.2, 0.25) is 0 Å². The van der Waals surface area contributed by atoms with Crippen molar-refractivity contribution in [1.82, 2.24) is 10.2 Å². The minimum atomic E-state index is -0.398. The van der Waals surface area contributed by atoms with Crippen LogP contribution in [0, 0.1) is 11.3 Å². The molecule has 3 aliphatic carbocycles. The number of allylic oxidation sites excluding steroid dienone is 3. The van der Waals surface area contributed by atoms with Crippen molar-refractivity contribution in [3.8, 4) is 0 Å². The fourth-order valence-corrected chi connectivity index (χ4v) is 8.53.